The molecule has 2 aromatic rings. The lowest BCUT2D eigenvalue weighted by molar-refractivity contribution is -0.113. The number of benzene rings is 2. The second kappa shape index (κ2) is 8.42. The van der Waals surface area contributed by atoms with E-state index in [1.54, 1.807) is 6.07 Å². The van der Waals surface area contributed by atoms with Crippen molar-refractivity contribution < 1.29 is 9.53 Å². The van der Waals surface area contributed by atoms with Crippen LogP contribution in [0, 0.1) is 0 Å². The third kappa shape index (κ3) is 4.66. The number of rotatable bonds is 5. The molecule has 0 aromatic heterocycles. The van der Waals surface area contributed by atoms with E-state index in [4.69, 9.17) is 16.3 Å². The van der Waals surface area contributed by atoms with Gasteiger partial charge in [-0.15, -0.1) is 11.8 Å². The van der Waals surface area contributed by atoms with Gasteiger partial charge in [0.1, 0.15) is 0 Å². The average Bonchev–Trinajstić information content (AvgIpc) is 2.62. The van der Waals surface area contributed by atoms with Crippen LogP contribution in [0.2, 0.25) is 5.02 Å². The predicted molar refractivity (Wildman–Crippen MR) is 100 cm³/mol. The van der Waals surface area contributed by atoms with Crippen LogP contribution >= 0.6 is 23.4 Å². The highest BCUT2D eigenvalue weighted by Gasteiger charge is 2.14. The molecule has 4 nitrogen and oxygen atoms in total. The van der Waals surface area contributed by atoms with Crippen LogP contribution < -0.4 is 10.2 Å². The highest BCUT2D eigenvalue weighted by atomic mass is 35.5. The molecule has 2 aromatic carbocycles. The average molecular weight is 363 g/mol. The number of nitrogens with zero attached hydrogens (tertiary/aromatic N) is 1. The summed E-state index contributed by atoms with van der Waals surface area (Å²) in [6.45, 7) is 3.09. The number of anilines is 2. The molecule has 1 N–H and O–H groups in total. The number of halogens is 1. The monoisotopic (exact) mass is 362 g/mol. The van der Waals surface area contributed by atoms with Gasteiger partial charge in [-0.1, -0.05) is 29.8 Å². The number of hydrogen-bond donors (Lipinski definition) is 1. The Labute approximate surface area is 151 Å². The van der Waals surface area contributed by atoms with Crippen LogP contribution in [-0.2, 0) is 9.53 Å². The van der Waals surface area contributed by atoms with Crippen molar-refractivity contribution in [2.75, 3.05) is 42.3 Å². The summed E-state index contributed by atoms with van der Waals surface area (Å²) in [5.41, 5.74) is 1.70. The van der Waals surface area contributed by atoms with Crippen molar-refractivity contribution in [2.45, 2.75) is 4.90 Å². The van der Waals surface area contributed by atoms with Gasteiger partial charge in [-0.3, -0.25) is 4.79 Å². The largest absolute Gasteiger partial charge is 0.378 e. The molecule has 6 heteroatoms. The van der Waals surface area contributed by atoms with Gasteiger partial charge in [0, 0.05) is 23.7 Å². The molecule has 1 saturated heterocycles. The van der Waals surface area contributed by atoms with E-state index in [9.17, 15) is 4.79 Å². The smallest absolute Gasteiger partial charge is 0.234 e. The van der Waals surface area contributed by atoms with Crippen molar-refractivity contribution in [1.82, 2.24) is 0 Å². The van der Waals surface area contributed by atoms with E-state index < -0.39 is 0 Å². The number of carbonyl (C=O) groups excluding carboxylic acids is 1. The number of amides is 1. The lowest BCUT2D eigenvalue weighted by Crippen LogP contribution is -2.36. The second-order valence-corrected chi connectivity index (χ2v) is 6.87. The zero-order valence-electron chi connectivity index (χ0n) is 13.2. The Kier molecular flexibility index (Phi) is 6.01. The first kappa shape index (κ1) is 17.1. The molecule has 1 heterocycles. The van der Waals surface area contributed by atoms with Crippen molar-refractivity contribution >= 4 is 40.6 Å². The standard InChI is InChI=1S/C18H19ClN2O2S/c19-16-12-14(6-7-17(16)21-8-10-23-11-9-21)20-18(22)13-24-15-4-2-1-3-5-15/h1-7,12H,8-11,13H2,(H,20,22). The van der Waals surface area contributed by atoms with E-state index in [-0.39, 0.29) is 5.91 Å². The minimum atomic E-state index is -0.0426. The van der Waals surface area contributed by atoms with Gasteiger partial charge >= 0.3 is 0 Å². The van der Waals surface area contributed by atoms with Crippen LogP contribution in [0.25, 0.3) is 0 Å². The Balaban J connectivity index is 1.57. The molecule has 0 spiro atoms. The van der Waals surface area contributed by atoms with Crippen molar-refractivity contribution in [3.8, 4) is 0 Å². The Morgan fingerprint density at radius 3 is 2.62 bits per heavy atom. The minimum absolute atomic E-state index is 0.0426. The summed E-state index contributed by atoms with van der Waals surface area (Å²) in [7, 11) is 0. The SMILES string of the molecule is O=C(CSc1ccccc1)Nc1ccc(N2CCOCC2)c(Cl)c1. The molecule has 1 aliphatic heterocycles. The number of hydrogen-bond acceptors (Lipinski definition) is 4. The molecule has 0 atom stereocenters. The fourth-order valence-corrected chi connectivity index (χ4v) is 3.53. The maximum atomic E-state index is 12.1. The van der Waals surface area contributed by atoms with E-state index in [2.05, 4.69) is 10.2 Å². The summed E-state index contributed by atoms with van der Waals surface area (Å²) in [5, 5.41) is 3.54. The molecule has 24 heavy (non-hydrogen) atoms. The van der Waals surface area contributed by atoms with Crippen LogP contribution in [0.5, 0.6) is 0 Å². The molecule has 0 bridgehead atoms. The van der Waals surface area contributed by atoms with Gasteiger partial charge in [0.25, 0.3) is 0 Å². The normalized spacial score (nSPS) is 14.5. The molecule has 0 radical (unpaired) electrons. The number of ether oxygens (including phenoxy) is 1. The fraction of sp³-hybridized carbons (Fsp3) is 0.278. The van der Waals surface area contributed by atoms with E-state index in [0.29, 0.717) is 24.0 Å². The summed E-state index contributed by atoms with van der Waals surface area (Å²) in [6.07, 6.45) is 0. The third-order valence-corrected chi connectivity index (χ3v) is 5.01. The first-order valence-electron chi connectivity index (χ1n) is 7.82. The van der Waals surface area contributed by atoms with Crippen LogP contribution in [-0.4, -0.2) is 38.0 Å². The van der Waals surface area contributed by atoms with Gasteiger partial charge in [-0.05, 0) is 30.3 Å². The first-order chi connectivity index (χ1) is 11.7. The highest BCUT2D eigenvalue weighted by molar-refractivity contribution is 8.00. The Bertz CT molecular complexity index is 691. The van der Waals surface area contributed by atoms with E-state index in [1.165, 1.54) is 11.8 Å². The zero-order chi connectivity index (χ0) is 16.8. The molecule has 1 aliphatic rings. The Morgan fingerprint density at radius 1 is 1.17 bits per heavy atom. The lowest BCUT2D eigenvalue weighted by Gasteiger charge is -2.29. The van der Waals surface area contributed by atoms with E-state index in [0.717, 1.165) is 29.4 Å². The predicted octanol–water partition coefficient (Wildman–Crippen LogP) is 3.91. The molecule has 0 aliphatic carbocycles. The molecule has 3 rings (SSSR count). The number of thioether (sulfide) groups is 1. The van der Waals surface area contributed by atoms with Crippen molar-refractivity contribution in [3.63, 3.8) is 0 Å². The third-order valence-electron chi connectivity index (χ3n) is 3.70. The van der Waals surface area contributed by atoms with Gasteiger partial charge < -0.3 is 15.0 Å². The van der Waals surface area contributed by atoms with E-state index in [1.807, 2.05) is 42.5 Å². The highest BCUT2D eigenvalue weighted by Crippen LogP contribution is 2.29. The summed E-state index contributed by atoms with van der Waals surface area (Å²) in [4.78, 5) is 15.4. The Hall–Kier alpha value is -1.69. The lowest BCUT2D eigenvalue weighted by atomic mass is 10.2. The molecule has 0 unspecified atom stereocenters. The summed E-state index contributed by atoms with van der Waals surface area (Å²) in [5.74, 6) is 0.325. The molecular formula is C18H19ClN2O2S. The second-order valence-electron chi connectivity index (χ2n) is 5.42. The van der Waals surface area contributed by atoms with Gasteiger partial charge in [0.2, 0.25) is 5.91 Å². The van der Waals surface area contributed by atoms with E-state index >= 15 is 0 Å². The Morgan fingerprint density at radius 2 is 1.92 bits per heavy atom. The maximum absolute atomic E-state index is 12.1. The molecule has 1 fully saturated rings. The van der Waals surface area contributed by atoms with Gasteiger partial charge in [0.05, 0.1) is 29.7 Å². The summed E-state index contributed by atoms with van der Waals surface area (Å²) in [6, 6.07) is 15.5. The van der Waals surface area contributed by atoms with Gasteiger partial charge in [-0.25, -0.2) is 0 Å². The van der Waals surface area contributed by atoms with Crippen molar-refractivity contribution in [2.24, 2.45) is 0 Å². The molecule has 1 amide bonds. The number of morpholine rings is 1. The van der Waals surface area contributed by atoms with Crippen molar-refractivity contribution in [3.05, 3.63) is 53.6 Å². The summed E-state index contributed by atoms with van der Waals surface area (Å²) >= 11 is 7.89. The van der Waals surface area contributed by atoms with Gasteiger partial charge in [-0.2, -0.15) is 0 Å². The number of carbonyl (C=O) groups is 1. The summed E-state index contributed by atoms with van der Waals surface area (Å²) < 4.78 is 5.36. The maximum Gasteiger partial charge on any atom is 0.234 e. The van der Waals surface area contributed by atoms with Crippen LogP contribution in [0.4, 0.5) is 11.4 Å². The van der Waals surface area contributed by atoms with Crippen LogP contribution in [0.3, 0.4) is 0 Å². The first-order valence-corrected chi connectivity index (χ1v) is 9.19. The number of nitrogens with one attached hydrogen (secondary N) is 1. The van der Waals surface area contributed by atoms with Crippen LogP contribution in [0.15, 0.2) is 53.4 Å². The molecule has 126 valence electrons. The topological polar surface area (TPSA) is 41.6 Å². The van der Waals surface area contributed by atoms with Gasteiger partial charge in [0.15, 0.2) is 0 Å². The minimum Gasteiger partial charge on any atom is -0.378 e. The zero-order valence-corrected chi connectivity index (χ0v) is 14.8. The van der Waals surface area contributed by atoms with Crippen molar-refractivity contribution in [1.29, 1.82) is 0 Å². The molecular weight excluding hydrogens is 344 g/mol. The quantitative estimate of drug-likeness (QED) is 0.819. The van der Waals surface area contributed by atoms with Crippen LogP contribution in [0.1, 0.15) is 0 Å². The fourth-order valence-electron chi connectivity index (χ4n) is 2.51. The molecule has 0 saturated carbocycles.